The number of nitrogens with zero attached hydrogens (tertiary/aromatic N) is 5. The Morgan fingerprint density at radius 1 is 1.21 bits per heavy atom. The maximum atomic E-state index is 14.4. The Morgan fingerprint density at radius 3 is 2.79 bits per heavy atom. The molecule has 0 saturated carbocycles. The third-order valence-corrected chi connectivity index (χ3v) is 10.8. The van der Waals surface area contributed by atoms with Gasteiger partial charge in [-0.3, -0.25) is 4.90 Å². The SMILES string of the molecule is C[C@H]1CC[C@]2(Cc3nc(OC[C@@]45CCCN4C[C@H](F)C5)nc(N4CCC4(CO)CO)c3CO2)c2c1ccc(N)c2C#N. The lowest BCUT2D eigenvalue weighted by atomic mass is 9.69. The lowest BCUT2D eigenvalue weighted by Crippen LogP contribution is -2.65. The number of ether oxygens (including phenoxy) is 2. The van der Waals surface area contributed by atoms with Gasteiger partial charge >= 0.3 is 6.01 Å². The first-order valence-electron chi connectivity index (χ1n) is 15.1. The summed E-state index contributed by atoms with van der Waals surface area (Å²) < 4.78 is 27.5. The van der Waals surface area contributed by atoms with Crippen molar-refractivity contribution in [1.29, 1.82) is 5.26 Å². The van der Waals surface area contributed by atoms with Crippen molar-refractivity contribution in [2.75, 3.05) is 50.1 Å². The number of halogens is 1. The summed E-state index contributed by atoms with van der Waals surface area (Å²) in [6.45, 7) is 4.17. The first-order chi connectivity index (χ1) is 20.3. The molecule has 1 aromatic carbocycles. The minimum Gasteiger partial charge on any atom is -0.461 e. The van der Waals surface area contributed by atoms with Crippen molar-refractivity contribution in [1.82, 2.24) is 14.9 Å². The molecule has 1 spiro atoms. The normalized spacial score (nSPS) is 31.3. The van der Waals surface area contributed by atoms with E-state index >= 15 is 0 Å². The van der Waals surface area contributed by atoms with E-state index in [0.717, 1.165) is 48.2 Å². The smallest absolute Gasteiger partial charge is 0.318 e. The van der Waals surface area contributed by atoms with E-state index in [0.29, 0.717) is 62.4 Å². The van der Waals surface area contributed by atoms with Crippen LogP contribution in [0.4, 0.5) is 15.9 Å². The monoisotopic (exact) mass is 578 g/mol. The van der Waals surface area contributed by atoms with Crippen molar-refractivity contribution in [2.45, 2.75) is 87.2 Å². The van der Waals surface area contributed by atoms with Gasteiger partial charge in [0, 0.05) is 42.7 Å². The second-order valence-corrected chi connectivity index (χ2v) is 13.1. The summed E-state index contributed by atoms with van der Waals surface area (Å²) in [5.74, 6) is 0.852. The average Bonchev–Trinajstić information content (AvgIpc) is 3.50. The molecule has 5 heterocycles. The molecule has 0 unspecified atom stereocenters. The van der Waals surface area contributed by atoms with Crippen LogP contribution in [-0.2, 0) is 23.4 Å². The maximum absolute atomic E-state index is 14.4. The van der Waals surface area contributed by atoms with Gasteiger partial charge in [0.15, 0.2) is 0 Å². The van der Waals surface area contributed by atoms with Gasteiger partial charge in [0.2, 0.25) is 0 Å². The van der Waals surface area contributed by atoms with Crippen LogP contribution in [0.15, 0.2) is 12.1 Å². The van der Waals surface area contributed by atoms with Crippen molar-refractivity contribution in [2.24, 2.45) is 0 Å². The fourth-order valence-corrected chi connectivity index (χ4v) is 8.21. The van der Waals surface area contributed by atoms with Crippen LogP contribution in [0.1, 0.15) is 79.3 Å². The van der Waals surface area contributed by atoms with Crippen LogP contribution in [0.3, 0.4) is 0 Å². The van der Waals surface area contributed by atoms with Crippen LogP contribution in [0.2, 0.25) is 0 Å². The Hall–Kier alpha value is -3.04. The Bertz CT molecular complexity index is 1440. The maximum Gasteiger partial charge on any atom is 0.318 e. The number of nitrogen functional groups attached to an aromatic ring is 1. The molecule has 4 aliphatic heterocycles. The highest BCUT2D eigenvalue weighted by Gasteiger charge is 2.51. The van der Waals surface area contributed by atoms with Crippen molar-refractivity contribution >= 4 is 11.5 Å². The second-order valence-electron chi connectivity index (χ2n) is 13.1. The number of nitriles is 1. The summed E-state index contributed by atoms with van der Waals surface area (Å²) in [7, 11) is 0. The number of aromatic nitrogens is 2. The van der Waals surface area contributed by atoms with E-state index in [4.69, 9.17) is 25.2 Å². The molecule has 0 bridgehead atoms. The van der Waals surface area contributed by atoms with Gasteiger partial charge in [-0.2, -0.15) is 15.2 Å². The molecule has 2 aromatic rings. The highest BCUT2D eigenvalue weighted by atomic mass is 19.1. The van der Waals surface area contributed by atoms with Crippen LogP contribution in [0.5, 0.6) is 6.01 Å². The number of aliphatic hydroxyl groups excluding tert-OH is 2. The molecule has 7 rings (SSSR count). The van der Waals surface area contributed by atoms with Crippen LogP contribution in [-0.4, -0.2) is 81.8 Å². The molecule has 4 atom stereocenters. The predicted molar refractivity (Wildman–Crippen MR) is 153 cm³/mol. The largest absolute Gasteiger partial charge is 0.461 e. The topological polar surface area (TPSA) is 141 Å². The molecular weight excluding hydrogens is 539 g/mol. The quantitative estimate of drug-likeness (QED) is 0.438. The fraction of sp³-hybridized carbons (Fsp3) is 0.645. The Morgan fingerprint density at radius 2 is 2.05 bits per heavy atom. The van der Waals surface area contributed by atoms with Crippen LogP contribution in [0, 0.1) is 11.3 Å². The van der Waals surface area contributed by atoms with E-state index in [-0.39, 0.29) is 37.3 Å². The van der Waals surface area contributed by atoms with Gasteiger partial charge in [-0.15, -0.1) is 0 Å². The standard InChI is InChI=1S/C31H39FN6O4/c1-19-5-7-31(26-21(19)3-4-24(34)22(26)13-33)12-25-23(15-42-31)27(38-10-8-30(38,16-39)17-40)36-28(35-25)41-18-29-6-2-9-37(29)14-20(32)11-29/h3-4,19-20,39-40H,2,5-12,14-18,34H2,1H3/t19-,20+,29-,31-/m0/s1. The van der Waals surface area contributed by atoms with Gasteiger partial charge in [-0.05, 0) is 56.2 Å². The number of benzene rings is 1. The zero-order valence-corrected chi connectivity index (χ0v) is 24.1. The van der Waals surface area contributed by atoms with Gasteiger partial charge in [-0.25, -0.2) is 4.39 Å². The molecule has 42 heavy (non-hydrogen) atoms. The summed E-state index contributed by atoms with van der Waals surface area (Å²) >= 11 is 0. The second kappa shape index (κ2) is 10.0. The van der Waals surface area contributed by atoms with Gasteiger partial charge in [0.1, 0.15) is 30.3 Å². The highest BCUT2D eigenvalue weighted by molar-refractivity contribution is 5.64. The van der Waals surface area contributed by atoms with E-state index in [2.05, 4.69) is 17.9 Å². The van der Waals surface area contributed by atoms with Gasteiger partial charge in [0.05, 0.1) is 42.2 Å². The Kier molecular flexibility index (Phi) is 6.62. The summed E-state index contributed by atoms with van der Waals surface area (Å²) in [5, 5.41) is 30.6. The highest BCUT2D eigenvalue weighted by Crippen LogP contribution is 2.52. The molecule has 4 N–H and O–H groups in total. The van der Waals surface area contributed by atoms with Gasteiger partial charge in [0.25, 0.3) is 0 Å². The minimum absolute atomic E-state index is 0.207. The van der Waals surface area contributed by atoms with Crippen LogP contribution >= 0.6 is 0 Å². The molecule has 0 radical (unpaired) electrons. The molecule has 1 aromatic heterocycles. The van der Waals surface area contributed by atoms with Crippen molar-refractivity contribution in [3.05, 3.63) is 40.1 Å². The van der Waals surface area contributed by atoms with Crippen LogP contribution in [0.25, 0.3) is 0 Å². The lowest BCUT2D eigenvalue weighted by Gasteiger charge is -2.52. The number of hydrogen-bond acceptors (Lipinski definition) is 10. The van der Waals surface area contributed by atoms with Crippen molar-refractivity contribution in [3.8, 4) is 12.1 Å². The Labute approximate surface area is 245 Å². The van der Waals surface area contributed by atoms with E-state index in [9.17, 15) is 19.9 Å². The molecule has 0 amide bonds. The van der Waals surface area contributed by atoms with Crippen molar-refractivity contribution in [3.63, 3.8) is 0 Å². The Balaban J connectivity index is 1.30. The van der Waals surface area contributed by atoms with Gasteiger partial charge < -0.3 is 30.3 Å². The first-order valence-corrected chi connectivity index (χ1v) is 15.1. The zero-order chi connectivity index (χ0) is 29.3. The van der Waals surface area contributed by atoms with E-state index in [1.807, 2.05) is 11.0 Å². The molecule has 3 saturated heterocycles. The lowest BCUT2D eigenvalue weighted by molar-refractivity contribution is -0.0875. The number of fused-ring (bicyclic) bond motifs is 4. The molecular formula is C31H39FN6O4. The summed E-state index contributed by atoms with van der Waals surface area (Å²) in [6, 6.07) is 6.36. The third kappa shape index (κ3) is 4.03. The number of hydrogen-bond donors (Lipinski definition) is 3. The molecule has 5 aliphatic rings. The van der Waals surface area contributed by atoms with E-state index in [1.165, 1.54) is 0 Å². The molecule has 224 valence electrons. The first kappa shape index (κ1) is 27.8. The average molecular weight is 579 g/mol. The third-order valence-electron chi connectivity index (χ3n) is 10.8. The number of nitrogens with two attached hydrogens (primary N) is 1. The van der Waals surface area contributed by atoms with Crippen molar-refractivity contribution < 1.29 is 24.1 Å². The summed E-state index contributed by atoms with van der Waals surface area (Å²) in [4.78, 5) is 13.9. The molecule has 11 heteroatoms. The molecule has 10 nitrogen and oxygen atoms in total. The van der Waals surface area contributed by atoms with E-state index < -0.39 is 17.3 Å². The number of aliphatic hydroxyl groups is 2. The predicted octanol–water partition coefficient (Wildman–Crippen LogP) is 2.68. The summed E-state index contributed by atoms with van der Waals surface area (Å²) in [5.41, 5.74) is 8.74. The number of rotatable bonds is 6. The number of anilines is 2. The van der Waals surface area contributed by atoms with Crippen LogP contribution < -0.4 is 15.4 Å². The van der Waals surface area contributed by atoms with Gasteiger partial charge in [-0.1, -0.05) is 13.0 Å². The minimum atomic E-state index is -0.864. The summed E-state index contributed by atoms with van der Waals surface area (Å²) in [6.07, 6.45) is 4.12. The molecule has 1 aliphatic carbocycles. The fourth-order valence-electron chi connectivity index (χ4n) is 8.21. The molecule has 3 fully saturated rings. The zero-order valence-electron chi connectivity index (χ0n) is 24.1. The van der Waals surface area contributed by atoms with E-state index in [1.54, 1.807) is 6.07 Å². The number of alkyl halides is 1.